The molecule has 90 valence electrons. The maximum atomic E-state index is 11.7. The van der Waals surface area contributed by atoms with Crippen molar-refractivity contribution in [3.63, 3.8) is 0 Å². The van der Waals surface area contributed by atoms with E-state index in [9.17, 15) is 8.42 Å². The van der Waals surface area contributed by atoms with Gasteiger partial charge in [-0.1, -0.05) is 13.0 Å². The zero-order chi connectivity index (χ0) is 12.0. The molecule has 2 N–H and O–H groups in total. The normalized spacial score (nSPS) is 11.4. The summed E-state index contributed by atoms with van der Waals surface area (Å²) >= 11 is 0. The van der Waals surface area contributed by atoms with Crippen molar-refractivity contribution in [1.29, 1.82) is 0 Å². The first-order valence-corrected chi connectivity index (χ1v) is 6.93. The Morgan fingerprint density at radius 3 is 2.75 bits per heavy atom. The predicted molar refractivity (Wildman–Crippen MR) is 64.4 cm³/mol. The monoisotopic (exact) mass is 243 g/mol. The standard InChI is InChI=1S/C11H17NO3S/c1-2-6-12-10-4-3-5-11(9-10)16(14,15)8-7-13/h3-5,9,12-13H,2,6-8H2,1H3. The highest BCUT2D eigenvalue weighted by molar-refractivity contribution is 7.91. The second-order valence-electron chi connectivity index (χ2n) is 3.50. The highest BCUT2D eigenvalue weighted by atomic mass is 32.2. The highest BCUT2D eigenvalue weighted by Crippen LogP contribution is 2.16. The average Bonchev–Trinajstić information content (AvgIpc) is 2.27. The number of aliphatic hydroxyl groups is 1. The van der Waals surface area contributed by atoms with Crippen LogP contribution in [0.3, 0.4) is 0 Å². The third kappa shape index (κ3) is 3.50. The first kappa shape index (κ1) is 13.0. The van der Waals surface area contributed by atoms with Crippen molar-refractivity contribution in [2.75, 3.05) is 24.2 Å². The van der Waals surface area contributed by atoms with Crippen molar-refractivity contribution in [3.05, 3.63) is 24.3 Å². The molecule has 0 aromatic heterocycles. The van der Waals surface area contributed by atoms with E-state index in [1.165, 1.54) is 0 Å². The molecule has 1 rings (SSSR count). The molecule has 16 heavy (non-hydrogen) atoms. The molecule has 0 radical (unpaired) electrons. The molecule has 4 nitrogen and oxygen atoms in total. The number of rotatable bonds is 6. The van der Waals surface area contributed by atoms with Crippen LogP contribution in [0.2, 0.25) is 0 Å². The van der Waals surface area contributed by atoms with Gasteiger partial charge in [0.1, 0.15) is 0 Å². The highest BCUT2D eigenvalue weighted by Gasteiger charge is 2.13. The summed E-state index contributed by atoms with van der Waals surface area (Å²) in [7, 11) is -3.35. The molecule has 0 saturated heterocycles. The van der Waals surface area contributed by atoms with Gasteiger partial charge < -0.3 is 10.4 Å². The summed E-state index contributed by atoms with van der Waals surface area (Å²) < 4.78 is 23.3. The maximum absolute atomic E-state index is 11.7. The van der Waals surface area contributed by atoms with Gasteiger partial charge >= 0.3 is 0 Å². The smallest absolute Gasteiger partial charge is 0.180 e. The molecule has 0 heterocycles. The van der Waals surface area contributed by atoms with E-state index in [4.69, 9.17) is 5.11 Å². The molecule has 5 heteroatoms. The molecule has 0 saturated carbocycles. The van der Waals surface area contributed by atoms with Gasteiger partial charge in [-0.2, -0.15) is 0 Å². The van der Waals surface area contributed by atoms with Crippen LogP contribution < -0.4 is 5.32 Å². The van der Waals surface area contributed by atoms with Gasteiger partial charge in [-0.05, 0) is 24.6 Å². The number of sulfone groups is 1. The second-order valence-corrected chi connectivity index (χ2v) is 5.61. The van der Waals surface area contributed by atoms with Crippen LogP contribution in [-0.2, 0) is 9.84 Å². The number of aliphatic hydroxyl groups excluding tert-OH is 1. The second kappa shape index (κ2) is 5.86. The molecule has 0 aliphatic carbocycles. The Morgan fingerprint density at radius 2 is 2.12 bits per heavy atom. The SMILES string of the molecule is CCCNc1cccc(S(=O)(=O)CCO)c1. The summed E-state index contributed by atoms with van der Waals surface area (Å²) in [5, 5.41) is 11.8. The predicted octanol–water partition coefficient (Wildman–Crippen LogP) is 1.27. The van der Waals surface area contributed by atoms with Crippen LogP contribution in [0.25, 0.3) is 0 Å². The first-order valence-electron chi connectivity index (χ1n) is 5.27. The van der Waals surface area contributed by atoms with Crippen molar-refractivity contribution in [3.8, 4) is 0 Å². The van der Waals surface area contributed by atoms with Crippen LogP contribution in [0.4, 0.5) is 5.69 Å². The minimum atomic E-state index is -3.35. The van der Waals surface area contributed by atoms with Crippen LogP contribution in [0.1, 0.15) is 13.3 Å². The molecule has 0 bridgehead atoms. The van der Waals surface area contributed by atoms with Gasteiger partial charge in [-0.25, -0.2) is 8.42 Å². The fraction of sp³-hybridized carbons (Fsp3) is 0.455. The van der Waals surface area contributed by atoms with E-state index in [1.807, 2.05) is 13.0 Å². The number of hydrogen-bond donors (Lipinski definition) is 2. The fourth-order valence-electron chi connectivity index (χ4n) is 1.31. The van der Waals surface area contributed by atoms with Crippen molar-refractivity contribution in [2.45, 2.75) is 18.2 Å². The van der Waals surface area contributed by atoms with Crippen LogP contribution >= 0.6 is 0 Å². The maximum Gasteiger partial charge on any atom is 0.180 e. The zero-order valence-corrected chi connectivity index (χ0v) is 10.1. The fourth-order valence-corrected chi connectivity index (χ4v) is 2.38. The van der Waals surface area contributed by atoms with Gasteiger partial charge in [-0.15, -0.1) is 0 Å². The van der Waals surface area contributed by atoms with Crippen molar-refractivity contribution in [1.82, 2.24) is 0 Å². The Kier molecular flexibility index (Phi) is 4.76. The quantitative estimate of drug-likeness (QED) is 0.789. The molecule has 0 spiro atoms. The van der Waals surface area contributed by atoms with E-state index in [0.717, 1.165) is 18.7 Å². The van der Waals surface area contributed by atoms with E-state index >= 15 is 0 Å². The Balaban J connectivity index is 2.89. The number of hydrogen-bond acceptors (Lipinski definition) is 4. The van der Waals surface area contributed by atoms with E-state index in [2.05, 4.69) is 5.32 Å². The molecule has 0 fully saturated rings. The summed E-state index contributed by atoms with van der Waals surface area (Å²) in [6, 6.07) is 6.67. The van der Waals surface area contributed by atoms with Crippen LogP contribution in [-0.4, -0.2) is 32.4 Å². The molecule has 1 aromatic rings. The lowest BCUT2D eigenvalue weighted by molar-refractivity contribution is 0.319. The number of anilines is 1. The lowest BCUT2D eigenvalue weighted by atomic mass is 10.3. The summed E-state index contributed by atoms with van der Waals surface area (Å²) in [6.45, 7) is 2.50. The van der Waals surface area contributed by atoms with Gasteiger partial charge in [0.25, 0.3) is 0 Å². The Bertz CT molecular complexity index is 429. The minimum absolute atomic E-state index is 0.232. The molecule has 0 atom stereocenters. The van der Waals surface area contributed by atoms with Gasteiger partial charge in [0.2, 0.25) is 0 Å². The molecule has 0 unspecified atom stereocenters. The Hall–Kier alpha value is -1.07. The van der Waals surface area contributed by atoms with Crippen LogP contribution in [0.5, 0.6) is 0 Å². The number of benzene rings is 1. The molecule has 0 amide bonds. The summed E-state index contributed by atoms with van der Waals surface area (Å²) in [5.74, 6) is -0.232. The summed E-state index contributed by atoms with van der Waals surface area (Å²) in [5.41, 5.74) is 0.792. The zero-order valence-electron chi connectivity index (χ0n) is 9.31. The summed E-state index contributed by atoms with van der Waals surface area (Å²) in [4.78, 5) is 0.252. The summed E-state index contributed by atoms with van der Waals surface area (Å²) in [6.07, 6.45) is 0.980. The molecule has 0 aliphatic rings. The first-order chi connectivity index (χ1) is 7.60. The van der Waals surface area contributed by atoms with Gasteiger partial charge in [0, 0.05) is 12.2 Å². The van der Waals surface area contributed by atoms with Crippen molar-refractivity contribution < 1.29 is 13.5 Å². The topological polar surface area (TPSA) is 66.4 Å². The lowest BCUT2D eigenvalue weighted by Gasteiger charge is -2.07. The largest absolute Gasteiger partial charge is 0.395 e. The van der Waals surface area contributed by atoms with Gasteiger partial charge in [0.05, 0.1) is 17.3 Å². The molecule has 0 aliphatic heterocycles. The molecular formula is C11H17NO3S. The Labute approximate surface area is 96.2 Å². The number of nitrogens with one attached hydrogen (secondary N) is 1. The molecular weight excluding hydrogens is 226 g/mol. The van der Waals surface area contributed by atoms with E-state index in [-0.39, 0.29) is 17.3 Å². The molecule has 1 aromatic carbocycles. The lowest BCUT2D eigenvalue weighted by Crippen LogP contribution is -2.10. The minimum Gasteiger partial charge on any atom is -0.395 e. The van der Waals surface area contributed by atoms with Gasteiger partial charge in [-0.3, -0.25) is 0 Å². The van der Waals surface area contributed by atoms with Crippen molar-refractivity contribution >= 4 is 15.5 Å². The average molecular weight is 243 g/mol. The van der Waals surface area contributed by atoms with Gasteiger partial charge in [0.15, 0.2) is 9.84 Å². The van der Waals surface area contributed by atoms with E-state index in [0.29, 0.717) is 0 Å². The van der Waals surface area contributed by atoms with E-state index < -0.39 is 9.84 Å². The third-order valence-electron chi connectivity index (χ3n) is 2.13. The van der Waals surface area contributed by atoms with Crippen LogP contribution in [0.15, 0.2) is 29.2 Å². The van der Waals surface area contributed by atoms with Crippen LogP contribution in [0, 0.1) is 0 Å². The Morgan fingerprint density at radius 1 is 1.38 bits per heavy atom. The third-order valence-corrected chi connectivity index (χ3v) is 3.82. The van der Waals surface area contributed by atoms with E-state index in [1.54, 1.807) is 18.2 Å². The van der Waals surface area contributed by atoms with Crippen molar-refractivity contribution in [2.24, 2.45) is 0 Å².